The Morgan fingerprint density at radius 2 is 1.82 bits per heavy atom. The van der Waals surface area contributed by atoms with E-state index < -0.39 is 0 Å². The quantitative estimate of drug-likeness (QED) is 0.358. The average molecular weight is 529 g/mol. The molecule has 5 rings (SSSR count). The first-order chi connectivity index (χ1) is 18.9. The third-order valence-corrected chi connectivity index (χ3v) is 6.94. The molecule has 1 amide bonds. The van der Waals surface area contributed by atoms with E-state index in [-0.39, 0.29) is 29.9 Å². The molecule has 2 aromatic heterocycles. The van der Waals surface area contributed by atoms with E-state index in [4.69, 9.17) is 9.47 Å². The van der Waals surface area contributed by atoms with Crippen LogP contribution in [0.2, 0.25) is 0 Å². The Bertz CT molecular complexity index is 1530. The first-order valence-electron chi connectivity index (χ1n) is 12.9. The molecule has 0 bridgehead atoms. The van der Waals surface area contributed by atoms with Crippen molar-refractivity contribution in [1.82, 2.24) is 24.8 Å². The van der Waals surface area contributed by atoms with Gasteiger partial charge in [-0.15, -0.1) is 0 Å². The van der Waals surface area contributed by atoms with Crippen LogP contribution in [-0.2, 0) is 13.7 Å². The molecule has 0 atom stereocenters. The first kappa shape index (κ1) is 26.2. The number of ether oxygens (including phenoxy) is 2. The summed E-state index contributed by atoms with van der Waals surface area (Å²) in [5, 5.41) is 6.29. The number of rotatable bonds is 8. The van der Waals surface area contributed by atoms with Crippen LogP contribution >= 0.6 is 0 Å². The molecule has 10 heteroatoms. The van der Waals surface area contributed by atoms with Crippen LogP contribution in [0.1, 0.15) is 28.8 Å². The van der Waals surface area contributed by atoms with E-state index in [1.54, 1.807) is 44.6 Å². The SMILES string of the molecule is COc1cc(C(=O)NC2CCN(C)CC2)ccc1Nc1ncc2c(cc(OCc3ccccc3)c(=O)n2C)n1. The molecule has 0 unspecified atom stereocenters. The molecule has 0 spiro atoms. The fourth-order valence-electron chi connectivity index (χ4n) is 4.59. The number of carbonyl (C=O) groups excluding carboxylic acids is 1. The maximum atomic E-state index is 12.8. The molecule has 10 nitrogen and oxygen atoms in total. The number of fused-ring (bicyclic) bond motifs is 1. The fourth-order valence-corrected chi connectivity index (χ4v) is 4.59. The summed E-state index contributed by atoms with van der Waals surface area (Å²) in [5.74, 6) is 0.885. The summed E-state index contributed by atoms with van der Waals surface area (Å²) in [7, 11) is 5.30. The molecule has 2 N–H and O–H groups in total. The van der Waals surface area contributed by atoms with Crippen LogP contribution < -0.4 is 25.7 Å². The standard InChI is InChI=1S/C29H32N6O4/c1-34-13-11-21(12-14-34)31-27(36)20-9-10-22(25(15-20)38-3)32-29-30-17-24-23(33-29)16-26(28(37)35(24)2)39-18-19-7-5-4-6-8-19/h4-10,15-17,21H,11-14,18H2,1-3H3,(H,31,36)(H,30,32,33). The van der Waals surface area contributed by atoms with Crippen LogP contribution in [0.5, 0.6) is 11.5 Å². The summed E-state index contributed by atoms with van der Waals surface area (Å²) < 4.78 is 12.9. The molecule has 39 heavy (non-hydrogen) atoms. The maximum absolute atomic E-state index is 12.8. The summed E-state index contributed by atoms with van der Waals surface area (Å²) >= 11 is 0. The molecule has 202 valence electrons. The lowest BCUT2D eigenvalue weighted by atomic mass is 10.0. The van der Waals surface area contributed by atoms with Crippen LogP contribution in [0.25, 0.3) is 11.0 Å². The lowest BCUT2D eigenvalue weighted by molar-refractivity contribution is 0.0916. The Labute approximate surface area is 226 Å². The highest BCUT2D eigenvalue weighted by atomic mass is 16.5. The number of likely N-dealkylation sites (tertiary alicyclic amines) is 1. The average Bonchev–Trinajstić information content (AvgIpc) is 2.96. The molecule has 2 aromatic carbocycles. The molecule has 0 saturated carbocycles. The van der Waals surface area contributed by atoms with Crippen molar-refractivity contribution in [2.75, 3.05) is 32.6 Å². The third kappa shape index (κ3) is 6.01. The highest BCUT2D eigenvalue weighted by Gasteiger charge is 2.20. The van der Waals surface area contributed by atoms with Crippen molar-refractivity contribution in [2.24, 2.45) is 7.05 Å². The Kier molecular flexibility index (Phi) is 7.74. The lowest BCUT2D eigenvalue weighted by Crippen LogP contribution is -2.43. The number of nitrogens with zero attached hydrogens (tertiary/aromatic N) is 4. The van der Waals surface area contributed by atoms with E-state index in [9.17, 15) is 9.59 Å². The second kappa shape index (κ2) is 11.5. The molecule has 1 fully saturated rings. The van der Waals surface area contributed by atoms with Crippen molar-refractivity contribution in [3.05, 3.63) is 82.3 Å². The van der Waals surface area contributed by atoms with Gasteiger partial charge in [0.15, 0.2) is 5.75 Å². The van der Waals surface area contributed by atoms with Crippen LogP contribution in [0.4, 0.5) is 11.6 Å². The number of anilines is 2. The van der Waals surface area contributed by atoms with Crippen molar-refractivity contribution in [3.63, 3.8) is 0 Å². The van der Waals surface area contributed by atoms with Gasteiger partial charge in [0.1, 0.15) is 12.4 Å². The summed E-state index contributed by atoms with van der Waals surface area (Å²) in [5.41, 5.74) is 2.94. The normalized spacial score (nSPS) is 14.2. The lowest BCUT2D eigenvalue weighted by Gasteiger charge is -2.29. The van der Waals surface area contributed by atoms with E-state index >= 15 is 0 Å². The summed E-state index contributed by atoms with van der Waals surface area (Å²) in [6.07, 6.45) is 3.45. The van der Waals surface area contributed by atoms with Crippen molar-refractivity contribution in [1.29, 1.82) is 0 Å². The molecule has 1 saturated heterocycles. The maximum Gasteiger partial charge on any atom is 0.293 e. The first-order valence-corrected chi connectivity index (χ1v) is 12.9. The number of amides is 1. The number of methoxy groups -OCH3 is 1. The molecule has 1 aliphatic heterocycles. The number of piperidine rings is 1. The van der Waals surface area contributed by atoms with E-state index in [1.807, 2.05) is 30.3 Å². The Morgan fingerprint density at radius 3 is 2.56 bits per heavy atom. The molecule has 4 aromatic rings. The van der Waals surface area contributed by atoms with Gasteiger partial charge < -0.3 is 29.6 Å². The summed E-state index contributed by atoms with van der Waals surface area (Å²) in [6.45, 7) is 2.21. The van der Waals surface area contributed by atoms with E-state index in [2.05, 4.69) is 32.5 Å². The zero-order chi connectivity index (χ0) is 27.4. The monoisotopic (exact) mass is 528 g/mol. The second-order valence-corrected chi connectivity index (χ2v) is 9.70. The van der Waals surface area contributed by atoms with Gasteiger partial charge >= 0.3 is 0 Å². The number of carbonyl (C=O) groups is 1. The predicted molar refractivity (Wildman–Crippen MR) is 150 cm³/mol. The summed E-state index contributed by atoms with van der Waals surface area (Å²) in [4.78, 5) is 36.9. The minimum absolute atomic E-state index is 0.125. The van der Waals surface area contributed by atoms with Crippen LogP contribution in [0, 0.1) is 0 Å². The highest BCUT2D eigenvalue weighted by Crippen LogP contribution is 2.28. The largest absolute Gasteiger partial charge is 0.495 e. The molecular formula is C29H32N6O4. The van der Waals surface area contributed by atoms with Crippen LogP contribution in [0.3, 0.4) is 0 Å². The number of nitrogens with one attached hydrogen (secondary N) is 2. The van der Waals surface area contributed by atoms with E-state index in [0.717, 1.165) is 31.5 Å². The smallest absolute Gasteiger partial charge is 0.293 e. The van der Waals surface area contributed by atoms with E-state index in [0.29, 0.717) is 34.0 Å². The molecule has 1 aliphatic rings. The summed E-state index contributed by atoms with van der Waals surface area (Å²) in [6, 6.07) is 16.7. The number of hydrogen-bond donors (Lipinski definition) is 2. The number of pyridine rings is 1. The van der Waals surface area contributed by atoms with Gasteiger partial charge in [-0.3, -0.25) is 9.59 Å². The van der Waals surface area contributed by atoms with Crippen molar-refractivity contribution < 1.29 is 14.3 Å². The van der Waals surface area contributed by atoms with Gasteiger partial charge in [-0.2, -0.15) is 0 Å². The zero-order valence-electron chi connectivity index (χ0n) is 22.3. The topological polar surface area (TPSA) is 111 Å². The van der Waals surface area contributed by atoms with Crippen LogP contribution in [-0.4, -0.2) is 58.6 Å². The fraction of sp³-hybridized carbons (Fsp3) is 0.310. The van der Waals surface area contributed by atoms with Gasteiger partial charge in [0.2, 0.25) is 5.95 Å². The van der Waals surface area contributed by atoms with Gasteiger partial charge in [-0.25, -0.2) is 9.97 Å². The Balaban J connectivity index is 1.34. The Morgan fingerprint density at radius 1 is 1.05 bits per heavy atom. The second-order valence-electron chi connectivity index (χ2n) is 9.70. The molecule has 0 radical (unpaired) electrons. The zero-order valence-corrected chi connectivity index (χ0v) is 22.3. The Hall–Kier alpha value is -4.44. The minimum Gasteiger partial charge on any atom is -0.495 e. The van der Waals surface area contributed by atoms with Gasteiger partial charge in [0.25, 0.3) is 11.5 Å². The van der Waals surface area contributed by atoms with Crippen molar-refractivity contribution in [2.45, 2.75) is 25.5 Å². The number of benzene rings is 2. The predicted octanol–water partition coefficient (Wildman–Crippen LogP) is 3.48. The molecule has 0 aliphatic carbocycles. The van der Waals surface area contributed by atoms with Gasteiger partial charge in [-0.05, 0) is 56.7 Å². The van der Waals surface area contributed by atoms with Gasteiger partial charge in [0.05, 0.1) is 30.0 Å². The van der Waals surface area contributed by atoms with Gasteiger partial charge in [-0.1, -0.05) is 30.3 Å². The number of aromatic nitrogens is 3. The molecule has 3 heterocycles. The van der Waals surface area contributed by atoms with E-state index in [1.165, 1.54) is 4.57 Å². The highest BCUT2D eigenvalue weighted by molar-refractivity contribution is 5.95. The van der Waals surface area contributed by atoms with Gasteiger partial charge in [0, 0.05) is 24.7 Å². The molecular weight excluding hydrogens is 496 g/mol. The number of hydrogen-bond acceptors (Lipinski definition) is 8. The third-order valence-electron chi connectivity index (χ3n) is 6.94. The van der Waals surface area contributed by atoms with Crippen LogP contribution in [0.15, 0.2) is 65.6 Å². The van der Waals surface area contributed by atoms with Crippen molar-refractivity contribution in [3.8, 4) is 11.5 Å². The minimum atomic E-state index is -0.265. The van der Waals surface area contributed by atoms with Crippen molar-refractivity contribution >= 4 is 28.6 Å². The number of aryl methyl sites for hydroxylation is 1.